The predicted octanol–water partition coefficient (Wildman–Crippen LogP) is 3.41. The maximum atomic E-state index is 11.6. The fourth-order valence-electron chi connectivity index (χ4n) is 1.74. The van der Waals surface area contributed by atoms with Crippen molar-refractivity contribution < 1.29 is 9.53 Å². The van der Waals surface area contributed by atoms with Gasteiger partial charge in [0, 0.05) is 22.8 Å². The van der Waals surface area contributed by atoms with E-state index in [4.69, 9.17) is 10.5 Å². The van der Waals surface area contributed by atoms with Crippen LogP contribution in [0.1, 0.15) is 5.56 Å². The summed E-state index contributed by atoms with van der Waals surface area (Å²) in [6, 6.07) is 19.4. The van der Waals surface area contributed by atoms with Crippen LogP contribution in [0, 0.1) is 0 Å². The molecule has 0 fully saturated rings. The van der Waals surface area contributed by atoms with Crippen LogP contribution in [0.4, 0.5) is 0 Å². The van der Waals surface area contributed by atoms with Gasteiger partial charge in [0.2, 0.25) is 0 Å². The van der Waals surface area contributed by atoms with Crippen molar-refractivity contribution in [2.24, 2.45) is 5.73 Å². The van der Waals surface area contributed by atoms with Crippen molar-refractivity contribution in [3.8, 4) is 0 Å². The van der Waals surface area contributed by atoms with Crippen LogP contribution in [0.15, 0.2) is 77.7 Å². The average Bonchev–Trinajstić information content (AvgIpc) is 2.58. The first kappa shape index (κ1) is 16.3. The largest absolute Gasteiger partial charge is 0.458 e. The molecule has 4 heteroatoms. The number of nitrogens with two attached hydrogens (primary N) is 1. The van der Waals surface area contributed by atoms with Gasteiger partial charge in [-0.05, 0) is 17.7 Å². The maximum absolute atomic E-state index is 11.6. The van der Waals surface area contributed by atoms with Crippen LogP contribution in [-0.2, 0) is 16.1 Å². The second-order valence-corrected chi connectivity index (χ2v) is 5.83. The van der Waals surface area contributed by atoms with E-state index in [1.54, 1.807) is 17.8 Å². The number of esters is 1. The molecule has 114 valence electrons. The Balaban J connectivity index is 1.70. The molecule has 0 saturated carbocycles. The number of hydrogen-bond acceptors (Lipinski definition) is 4. The monoisotopic (exact) mass is 313 g/mol. The number of hydrogen-bond donors (Lipinski definition) is 1. The van der Waals surface area contributed by atoms with Gasteiger partial charge >= 0.3 is 5.97 Å². The lowest BCUT2D eigenvalue weighted by Crippen LogP contribution is -2.20. The highest BCUT2D eigenvalue weighted by Gasteiger charge is 2.02. The van der Waals surface area contributed by atoms with Gasteiger partial charge in [-0.25, -0.2) is 4.79 Å². The quantitative estimate of drug-likeness (QED) is 0.483. The molecule has 0 spiro atoms. The van der Waals surface area contributed by atoms with Gasteiger partial charge in [0.1, 0.15) is 6.61 Å². The second kappa shape index (κ2) is 9.07. The molecule has 2 N–H and O–H groups in total. The third-order valence-electron chi connectivity index (χ3n) is 2.89. The minimum absolute atomic E-state index is 0.186. The van der Waals surface area contributed by atoms with Crippen molar-refractivity contribution in [2.75, 3.05) is 5.75 Å². The van der Waals surface area contributed by atoms with Crippen molar-refractivity contribution in [1.29, 1.82) is 0 Å². The summed E-state index contributed by atoms with van der Waals surface area (Å²) in [6.45, 7) is 0.276. The summed E-state index contributed by atoms with van der Waals surface area (Å²) in [5.74, 6) is 0.343. The number of ether oxygens (including phenoxy) is 1. The van der Waals surface area contributed by atoms with E-state index < -0.39 is 0 Å². The van der Waals surface area contributed by atoms with E-state index >= 15 is 0 Å². The van der Waals surface area contributed by atoms with Gasteiger partial charge in [0.25, 0.3) is 0 Å². The van der Waals surface area contributed by atoms with Gasteiger partial charge in [-0.1, -0.05) is 54.6 Å². The normalized spacial score (nSPS) is 12.2. The van der Waals surface area contributed by atoms with Crippen LogP contribution < -0.4 is 5.73 Å². The van der Waals surface area contributed by atoms with Crippen LogP contribution >= 0.6 is 11.8 Å². The number of carbonyl (C=O) groups is 1. The Bertz CT molecular complexity index is 599. The zero-order chi connectivity index (χ0) is 15.6. The molecule has 0 aromatic heterocycles. The van der Waals surface area contributed by atoms with E-state index in [1.807, 2.05) is 60.7 Å². The molecule has 0 unspecified atom stereocenters. The molecule has 2 aromatic rings. The summed E-state index contributed by atoms with van der Waals surface area (Å²) < 4.78 is 5.15. The molecule has 0 aliphatic rings. The Hall–Kier alpha value is -2.04. The van der Waals surface area contributed by atoms with E-state index in [0.717, 1.165) is 10.5 Å². The number of rotatable bonds is 7. The lowest BCUT2D eigenvalue weighted by atomic mass is 10.2. The summed E-state index contributed by atoms with van der Waals surface area (Å²) in [5.41, 5.74) is 6.93. The summed E-state index contributed by atoms with van der Waals surface area (Å²) in [5, 5.41) is 0. The van der Waals surface area contributed by atoms with E-state index in [-0.39, 0.29) is 18.6 Å². The molecule has 0 heterocycles. The standard InChI is InChI=1S/C18H19NO2S/c19-16(14-22-17-9-5-2-6-10-17)11-12-18(20)21-13-15-7-3-1-4-8-15/h1-12,16H,13-14,19H2/t16-/m1/s1. The molecule has 0 aliphatic heterocycles. The van der Waals surface area contributed by atoms with Crippen molar-refractivity contribution in [3.63, 3.8) is 0 Å². The molecule has 0 aliphatic carbocycles. The molecular formula is C18H19NO2S. The van der Waals surface area contributed by atoms with Crippen LogP contribution in [0.5, 0.6) is 0 Å². The molecule has 22 heavy (non-hydrogen) atoms. The first-order chi connectivity index (χ1) is 10.7. The molecule has 3 nitrogen and oxygen atoms in total. The summed E-state index contributed by atoms with van der Waals surface area (Å²) in [4.78, 5) is 12.8. The number of thioether (sulfide) groups is 1. The smallest absolute Gasteiger partial charge is 0.330 e. The van der Waals surface area contributed by atoms with Gasteiger partial charge < -0.3 is 10.5 Å². The first-order valence-electron chi connectivity index (χ1n) is 7.06. The number of carbonyl (C=O) groups excluding carboxylic acids is 1. The van der Waals surface area contributed by atoms with Crippen LogP contribution in [0.3, 0.4) is 0 Å². The van der Waals surface area contributed by atoms with E-state index in [2.05, 4.69) is 0 Å². The average molecular weight is 313 g/mol. The molecule has 2 rings (SSSR count). The fourth-order valence-corrected chi connectivity index (χ4v) is 2.59. The van der Waals surface area contributed by atoms with Gasteiger partial charge in [-0.2, -0.15) is 0 Å². The lowest BCUT2D eigenvalue weighted by molar-refractivity contribution is -0.139. The van der Waals surface area contributed by atoms with Crippen molar-refractivity contribution in [2.45, 2.75) is 17.5 Å². The maximum Gasteiger partial charge on any atom is 0.330 e. The lowest BCUT2D eigenvalue weighted by Gasteiger charge is -2.06. The predicted molar refractivity (Wildman–Crippen MR) is 90.5 cm³/mol. The molecule has 0 bridgehead atoms. The van der Waals surface area contributed by atoms with Gasteiger partial charge in [0.15, 0.2) is 0 Å². The van der Waals surface area contributed by atoms with E-state index in [1.165, 1.54) is 6.08 Å². The van der Waals surface area contributed by atoms with E-state index in [9.17, 15) is 4.79 Å². The molecule has 2 aromatic carbocycles. The highest BCUT2D eigenvalue weighted by Crippen LogP contribution is 2.17. The van der Waals surface area contributed by atoms with E-state index in [0.29, 0.717) is 5.75 Å². The van der Waals surface area contributed by atoms with Crippen molar-refractivity contribution in [3.05, 3.63) is 78.4 Å². The summed E-state index contributed by atoms with van der Waals surface area (Å²) >= 11 is 1.66. The summed E-state index contributed by atoms with van der Waals surface area (Å²) in [6.07, 6.45) is 3.09. The van der Waals surface area contributed by atoms with Gasteiger partial charge in [-0.3, -0.25) is 0 Å². The number of benzene rings is 2. The van der Waals surface area contributed by atoms with Crippen LogP contribution in [0.25, 0.3) is 0 Å². The topological polar surface area (TPSA) is 52.3 Å². The minimum Gasteiger partial charge on any atom is -0.458 e. The third-order valence-corrected chi connectivity index (χ3v) is 4.05. The first-order valence-corrected chi connectivity index (χ1v) is 8.05. The van der Waals surface area contributed by atoms with Gasteiger partial charge in [-0.15, -0.1) is 11.8 Å². The minimum atomic E-state index is -0.371. The van der Waals surface area contributed by atoms with Crippen LogP contribution in [0.2, 0.25) is 0 Å². The van der Waals surface area contributed by atoms with Crippen LogP contribution in [-0.4, -0.2) is 17.8 Å². The highest BCUT2D eigenvalue weighted by atomic mass is 32.2. The molecule has 1 atom stereocenters. The molecule has 0 amide bonds. The van der Waals surface area contributed by atoms with Crippen molar-refractivity contribution >= 4 is 17.7 Å². The zero-order valence-corrected chi connectivity index (χ0v) is 13.0. The third kappa shape index (κ3) is 6.16. The Morgan fingerprint density at radius 1 is 1.09 bits per heavy atom. The fraction of sp³-hybridized carbons (Fsp3) is 0.167. The Morgan fingerprint density at radius 3 is 2.41 bits per heavy atom. The Kier molecular flexibility index (Phi) is 6.74. The second-order valence-electron chi connectivity index (χ2n) is 4.74. The Labute approximate surface area is 135 Å². The molecule has 0 radical (unpaired) electrons. The van der Waals surface area contributed by atoms with Crippen molar-refractivity contribution in [1.82, 2.24) is 0 Å². The summed E-state index contributed by atoms with van der Waals surface area (Å²) in [7, 11) is 0. The van der Waals surface area contributed by atoms with Gasteiger partial charge in [0.05, 0.1) is 0 Å². The zero-order valence-electron chi connectivity index (χ0n) is 12.2. The molecule has 0 saturated heterocycles. The Morgan fingerprint density at radius 2 is 1.73 bits per heavy atom. The highest BCUT2D eigenvalue weighted by molar-refractivity contribution is 7.99. The SMILES string of the molecule is N[C@H](C=CC(=O)OCc1ccccc1)CSc1ccccc1. The molecular weight excluding hydrogens is 294 g/mol.